The van der Waals surface area contributed by atoms with E-state index >= 15 is 0 Å². The molecule has 1 saturated carbocycles. The minimum Gasteiger partial charge on any atom is -0.313 e. The van der Waals surface area contributed by atoms with Crippen molar-refractivity contribution in [2.75, 3.05) is 6.54 Å². The maximum atomic E-state index is 3.65. The molecule has 0 aromatic carbocycles. The highest BCUT2D eigenvalue weighted by atomic mass is 15.0. The highest BCUT2D eigenvalue weighted by Gasteiger charge is 2.28. The molecule has 1 nitrogen and oxygen atoms in total. The molecule has 0 saturated heterocycles. The Balaban J connectivity index is 1.87. The minimum atomic E-state index is 0.392. The fourth-order valence-electron chi connectivity index (χ4n) is 2.25. The number of nitrogens with one attached hydrogen (secondary N) is 1. The van der Waals surface area contributed by atoms with Gasteiger partial charge in [0, 0.05) is 12.6 Å². The summed E-state index contributed by atoms with van der Waals surface area (Å²) in [6, 6.07) is 0.846. The standard InChI is InChI=1S/C13H23N/c1-13(2,10-14-12-8-9-12)11-6-4-3-5-7-11/h6,12,14H,3-5,7-10H2,1-2H3. The minimum absolute atomic E-state index is 0.392. The van der Waals surface area contributed by atoms with Crippen LogP contribution in [-0.4, -0.2) is 12.6 Å². The summed E-state index contributed by atoms with van der Waals surface area (Å²) in [4.78, 5) is 0. The lowest BCUT2D eigenvalue weighted by molar-refractivity contribution is 0.382. The van der Waals surface area contributed by atoms with E-state index in [1.165, 1.54) is 45.1 Å². The van der Waals surface area contributed by atoms with Gasteiger partial charge in [0.05, 0.1) is 0 Å². The Hall–Kier alpha value is -0.300. The molecule has 0 heterocycles. The van der Waals surface area contributed by atoms with E-state index in [1.54, 1.807) is 5.57 Å². The van der Waals surface area contributed by atoms with Gasteiger partial charge in [-0.15, -0.1) is 0 Å². The second kappa shape index (κ2) is 4.06. The molecule has 0 aliphatic heterocycles. The van der Waals surface area contributed by atoms with E-state index in [4.69, 9.17) is 0 Å². The molecule has 2 aliphatic rings. The van der Waals surface area contributed by atoms with Gasteiger partial charge in [0.15, 0.2) is 0 Å². The third kappa shape index (κ3) is 2.60. The van der Waals surface area contributed by atoms with Crippen molar-refractivity contribution in [3.63, 3.8) is 0 Å². The van der Waals surface area contributed by atoms with E-state index < -0.39 is 0 Å². The summed E-state index contributed by atoms with van der Waals surface area (Å²) < 4.78 is 0. The zero-order valence-electron chi connectivity index (χ0n) is 9.60. The smallest absolute Gasteiger partial charge is 0.00685 e. The first-order valence-electron chi connectivity index (χ1n) is 6.11. The maximum absolute atomic E-state index is 3.65. The van der Waals surface area contributed by atoms with Gasteiger partial charge in [-0.2, -0.15) is 0 Å². The van der Waals surface area contributed by atoms with Crippen molar-refractivity contribution in [3.8, 4) is 0 Å². The Labute approximate surface area is 88.0 Å². The van der Waals surface area contributed by atoms with Crippen LogP contribution in [0.4, 0.5) is 0 Å². The molecular formula is C13H23N. The molecule has 1 N–H and O–H groups in total. The van der Waals surface area contributed by atoms with Crippen LogP contribution in [0.5, 0.6) is 0 Å². The van der Waals surface area contributed by atoms with Crippen LogP contribution in [-0.2, 0) is 0 Å². The third-order valence-corrected chi connectivity index (χ3v) is 3.57. The summed E-state index contributed by atoms with van der Waals surface area (Å²) in [5.41, 5.74) is 2.08. The molecule has 1 heteroatoms. The number of hydrogen-bond acceptors (Lipinski definition) is 1. The zero-order chi connectivity index (χ0) is 10.0. The molecule has 0 amide bonds. The van der Waals surface area contributed by atoms with Gasteiger partial charge < -0.3 is 5.32 Å². The van der Waals surface area contributed by atoms with E-state index in [2.05, 4.69) is 25.2 Å². The normalized spacial score (nSPS) is 23.4. The molecule has 2 aliphatic carbocycles. The summed E-state index contributed by atoms with van der Waals surface area (Å²) in [7, 11) is 0. The van der Waals surface area contributed by atoms with Crippen molar-refractivity contribution >= 4 is 0 Å². The van der Waals surface area contributed by atoms with Gasteiger partial charge in [-0.05, 0) is 43.9 Å². The van der Waals surface area contributed by atoms with Crippen LogP contribution in [0.1, 0.15) is 52.4 Å². The summed E-state index contributed by atoms with van der Waals surface area (Å²) in [6.07, 6.45) is 10.7. The molecule has 2 rings (SSSR count). The average molecular weight is 193 g/mol. The Morgan fingerprint density at radius 1 is 1.36 bits per heavy atom. The quantitative estimate of drug-likeness (QED) is 0.676. The third-order valence-electron chi connectivity index (χ3n) is 3.57. The fourth-order valence-corrected chi connectivity index (χ4v) is 2.25. The molecule has 14 heavy (non-hydrogen) atoms. The molecule has 0 radical (unpaired) electrons. The van der Waals surface area contributed by atoms with Crippen LogP contribution in [0.25, 0.3) is 0 Å². The van der Waals surface area contributed by atoms with Gasteiger partial charge in [-0.1, -0.05) is 25.5 Å². The molecule has 0 bridgehead atoms. The van der Waals surface area contributed by atoms with Crippen molar-refractivity contribution in [1.82, 2.24) is 5.32 Å². The van der Waals surface area contributed by atoms with Crippen LogP contribution in [0.2, 0.25) is 0 Å². The summed E-state index contributed by atoms with van der Waals surface area (Å²) in [5, 5.41) is 3.65. The lowest BCUT2D eigenvalue weighted by Crippen LogP contribution is -2.32. The first-order chi connectivity index (χ1) is 6.68. The summed E-state index contributed by atoms with van der Waals surface area (Å²) in [5.74, 6) is 0. The highest BCUT2D eigenvalue weighted by molar-refractivity contribution is 5.15. The first-order valence-corrected chi connectivity index (χ1v) is 6.11. The van der Waals surface area contributed by atoms with Crippen LogP contribution in [0.3, 0.4) is 0 Å². The maximum Gasteiger partial charge on any atom is 0.00685 e. The van der Waals surface area contributed by atoms with Crippen molar-refractivity contribution < 1.29 is 0 Å². The second-order valence-corrected chi connectivity index (χ2v) is 5.51. The fraction of sp³-hybridized carbons (Fsp3) is 0.846. The predicted molar refractivity (Wildman–Crippen MR) is 61.4 cm³/mol. The Kier molecular flexibility index (Phi) is 2.96. The molecule has 0 atom stereocenters. The summed E-state index contributed by atoms with van der Waals surface area (Å²) >= 11 is 0. The molecule has 0 spiro atoms. The molecular weight excluding hydrogens is 170 g/mol. The zero-order valence-corrected chi connectivity index (χ0v) is 9.60. The molecule has 80 valence electrons. The Morgan fingerprint density at radius 2 is 2.14 bits per heavy atom. The average Bonchev–Trinajstić information content (AvgIpc) is 3.00. The lowest BCUT2D eigenvalue weighted by Gasteiger charge is -2.31. The largest absolute Gasteiger partial charge is 0.313 e. The highest BCUT2D eigenvalue weighted by Crippen LogP contribution is 2.34. The van der Waals surface area contributed by atoms with E-state index in [0.717, 1.165) is 6.04 Å². The van der Waals surface area contributed by atoms with Gasteiger partial charge in [0.1, 0.15) is 0 Å². The Morgan fingerprint density at radius 3 is 2.71 bits per heavy atom. The second-order valence-electron chi connectivity index (χ2n) is 5.51. The number of hydrogen-bond donors (Lipinski definition) is 1. The van der Waals surface area contributed by atoms with Crippen molar-refractivity contribution in [3.05, 3.63) is 11.6 Å². The Bertz CT molecular complexity index is 223. The SMILES string of the molecule is CC(C)(CNC1CC1)C1=CCCCC1. The van der Waals surface area contributed by atoms with Gasteiger partial charge in [-0.25, -0.2) is 0 Å². The van der Waals surface area contributed by atoms with Gasteiger partial charge in [0.25, 0.3) is 0 Å². The molecule has 0 aromatic rings. The topological polar surface area (TPSA) is 12.0 Å². The van der Waals surface area contributed by atoms with E-state index in [1.807, 2.05) is 0 Å². The van der Waals surface area contributed by atoms with Crippen molar-refractivity contribution in [2.24, 2.45) is 5.41 Å². The van der Waals surface area contributed by atoms with E-state index in [9.17, 15) is 0 Å². The summed E-state index contributed by atoms with van der Waals surface area (Å²) in [6.45, 7) is 5.95. The van der Waals surface area contributed by atoms with Crippen molar-refractivity contribution in [1.29, 1.82) is 0 Å². The van der Waals surface area contributed by atoms with E-state index in [0.29, 0.717) is 5.41 Å². The van der Waals surface area contributed by atoms with Gasteiger partial charge in [-0.3, -0.25) is 0 Å². The van der Waals surface area contributed by atoms with Crippen LogP contribution < -0.4 is 5.32 Å². The number of rotatable bonds is 4. The molecule has 0 aromatic heterocycles. The van der Waals surface area contributed by atoms with Crippen LogP contribution in [0, 0.1) is 5.41 Å². The van der Waals surface area contributed by atoms with Crippen LogP contribution in [0.15, 0.2) is 11.6 Å². The van der Waals surface area contributed by atoms with E-state index in [-0.39, 0.29) is 0 Å². The first kappa shape index (κ1) is 10.2. The molecule has 0 unspecified atom stereocenters. The number of allylic oxidation sites excluding steroid dienone is 1. The van der Waals surface area contributed by atoms with Crippen molar-refractivity contribution in [2.45, 2.75) is 58.4 Å². The molecule has 1 fully saturated rings. The monoisotopic (exact) mass is 193 g/mol. The van der Waals surface area contributed by atoms with Crippen LogP contribution >= 0.6 is 0 Å². The predicted octanol–water partition coefficient (Wildman–Crippen LogP) is 3.27. The van der Waals surface area contributed by atoms with Gasteiger partial charge >= 0.3 is 0 Å². The lowest BCUT2D eigenvalue weighted by atomic mass is 9.78. The van der Waals surface area contributed by atoms with Gasteiger partial charge in [0.2, 0.25) is 0 Å².